The summed E-state index contributed by atoms with van der Waals surface area (Å²) in [6.45, 7) is 0. The van der Waals surface area contributed by atoms with Crippen molar-refractivity contribution in [2.75, 3.05) is 25.4 Å². The zero-order chi connectivity index (χ0) is 5.91. The largest absolute Gasteiger partial charge is 0.311 e. The van der Waals surface area contributed by atoms with Gasteiger partial charge in [-0.05, 0) is 19.6 Å². The van der Waals surface area contributed by atoms with Crippen molar-refractivity contribution in [3.05, 3.63) is 0 Å². The number of hydrogen-bond donors (Lipinski definition) is 1. The van der Waals surface area contributed by atoms with Gasteiger partial charge >= 0.3 is 0 Å². The van der Waals surface area contributed by atoms with Crippen LogP contribution in [0.3, 0.4) is 0 Å². The van der Waals surface area contributed by atoms with Gasteiger partial charge in [0, 0.05) is 5.88 Å². The molecule has 1 nitrogen and oxygen atoms in total. The Balaban J connectivity index is 3.15. The van der Waals surface area contributed by atoms with E-state index in [0.29, 0.717) is 0 Å². The molecule has 0 aliphatic rings. The van der Waals surface area contributed by atoms with Crippen molar-refractivity contribution in [1.82, 2.24) is 5.32 Å². The van der Waals surface area contributed by atoms with E-state index in [4.69, 9.17) is 10.7 Å². The zero-order valence-corrected chi connectivity index (χ0v) is 6.57. The van der Waals surface area contributed by atoms with Crippen molar-refractivity contribution >= 4 is 19.9 Å². The highest BCUT2D eigenvalue weighted by molar-refractivity contribution is 8.50. The lowest BCUT2D eigenvalue weighted by molar-refractivity contribution is 0.979. The van der Waals surface area contributed by atoms with Crippen LogP contribution in [-0.2, 0) is 0 Å². The quantitative estimate of drug-likeness (QED) is 0.613. The second kappa shape index (κ2) is 2.80. The maximum Gasteiger partial charge on any atom is 0.0376 e. The normalized spacial score (nSPS) is 14.3. The van der Waals surface area contributed by atoms with E-state index >= 15 is 0 Å². The highest BCUT2D eigenvalue weighted by Gasteiger charge is 2.01. The summed E-state index contributed by atoms with van der Waals surface area (Å²) in [6, 6.07) is 0. The molecular weight excluding hydrogens is 130 g/mol. The van der Waals surface area contributed by atoms with Crippen LogP contribution < -0.4 is 5.32 Å². The Labute approximate surface area is 51.3 Å². The van der Waals surface area contributed by atoms with Gasteiger partial charge in [-0.1, -0.05) is 10.7 Å². The van der Waals surface area contributed by atoms with Crippen LogP contribution in [0.4, 0.5) is 0 Å². The second-order valence-corrected chi connectivity index (χ2v) is 7.50. The Kier molecular flexibility index (Phi) is 3.04. The third kappa shape index (κ3) is 6.60. The van der Waals surface area contributed by atoms with E-state index in [9.17, 15) is 0 Å². The molecule has 0 saturated heterocycles. The van der Waals surface area contributed by atoms with Crippen LogP contribution in [-0.4, -0.2) is 25.4 Å². The van der Waals surface area contributed by atoms with Crippen LogP contribution >= 0.6 is 19.9 Å². The molecule has 0 aliphatic carbocycles. The van der Waals surface area contributed by atoms with Gasteiger partial charge < -0.3 is 5.32 Å². The van der Waals surface area contributed by atoms with Gasteiger partial charge in [0.25, 0.3) is 0 Å². The lowest BCUT2D eigenvalue weighted by atomic mass is 11.3. The van der Waals surface area contributed by atoms with Gasteiger partial charge in [0.2, 0.25) is 0 Å². The van der Waals surface area contributed by atoms with Crippen molar-refractivity contribution in [3.8, 4) is 0 Å². The van der Waals surface area contributed by atoms with Crippen molar-refractivity contribution in [2.24, 2.45) is 0 Å². The number of nitrogens with one attached hydrogen (secondary N) is 1. The van der Waals surface area contributed by atoms with Gasteiger partial charge in [0.15, 0.2) is 0 Å². The Morgan fingerprint density at radius 2 is 2.00 bits per heavy atom. The first-order valence-corrected chi connectivity index (χ1v) is 5.56. The molecular formula is C4H12ClNS. The van der Waals surface area contributed by atoms with Crippen LogP contribution in [0.1, 0.15) is 0 Å². The summed E-state index contributed by atoms with van der Waals surface area (Å²) in [5.74, 6) is 0.939. The second-order valence-electron chi connectivity index (χ2n) is 1.90. The van der Waals surface area contributed by atoms with E-state index in [2.05, 4.69) is 17.8 Å². The minimum Gasteiger partial charge on any atom is -0.311 e. The first-order valence-electron chi connectivity index (χ1n) is 2.11. The van der Waals surface area contributed by atoms with Crippen molar-refractivity contribution in [3.63, 3.8) is 0 Å². The minimum atomic E-state index is -0.813. The molecule has 0 unspecified atom stereocenters. The van der Waals surface area contributed by atoms with E-state index in [1.165, 1.54) is 0 Å². The fourth-order valence-corrected chi connectivity index (χ4v) is 1.36. The van der Waals surface area contributed by atoms with Gasteiger partial charge in [0.1, 0.15) is 0 Å². The molecule has 0 aromatic rings. The fraction of sp³-hybridized carbons (Fsp3) is 1.00. The highest BCUT2D eigenvalue weighted by atomic mass is 35.7. The number of hydrogen-bond acceptors (Lipinski definition) is 1. The molecule has 0 saturated carbocycles. The summed E-state index contributed by atoms with van der Waals surface area (Å²) in [6.07, 6.45) is 4.12. The smallest absolute Gasteiger partial charge is 0.0376 e. The van der Waals surface area contributed by atoms with Gasteiger partial charge in [0.05, 0.1) is 0 Å². The van der Waals surface area contributed by atoms with E-state index in [1.807, 2.05) is 7.05 Å². The monoisotopic (exact) mass is 141 g/mol. The van der Waals surface area contributed by atoms with Gasteiger partial charge in [-0.3, -0.25) is 0 Å². The van der Waals surface area contributed by atoms with Crippen LogP contribution in [0, 0.1) is 0 Å². The molecule has 0 radical (unpaired) electrons. The number of rotatable bonds is 2. The molecule has 3 heteroatoms. The molecule has 7 heavy (non-hydrogen) atoms. The van der Waals surface area contributed by atoms with Crippen molar-refractivity contribution in [2.45, 2.75) is 0 Å². The Morgan fingerprint density at radius 1 is 1.57 bits per heavy atom. The topological polar surface area (TPSA) is 12.0 Å². The van der Waals surface area contributed by atoms with E-state index in [1.54, 1.807) is 0 Å². The third-order valence-electron chi connectivity index (χ3n) is 0.488. The number of halogens is 1. The van der Waals surface area contributed by atoms with Crippen LogP contribution in [0.15, 0.2) is 0 Å². The summed E-state index contributed by atoms with van der Waals surface area (Å²) in [5.41, 5.74) is 0. The first-order chi connectivity index (χ1) is 3.06. The Morgan fingerprint density at radius 3 is 2.00 bits per heavy atom. The molecule has 0 spiro atoms. The van der Waals surface area contributed by atoms with Crippen LogP contribution in [0.2, 0.25) is 0 Å². The van der Waals surface area contributed by atoms with Crippen LogP contribution in [0.25, 0.3) is 0 Å². The molecule has 0 bridgehead atoms. The summed E-state index contributed by atoms with van der Waals surface area (Å²) in [7, 11) is 6.95. The molecule has 0 aromatic carbocycles. The molecule has 46 valence electrons. The lowest BCUT2D eigenvalue weighted by Gasteiger charge is -2.20. The molecule has 1 N–H and O–H groups in total. The average molecular weight is 142 g/mol. The first kappa shape index (κ1) is 7.60. The third-order valence-corrected chi connectivity index (χ3v) is 1.79. The molecule has 0 amide bonds. The lowest BCUT2D eigenvalue weighted by Crippen LogP contribution is -2.10. The Bertz CT molecular complexity index is 50.1. The molecule has 0 fully saturated rings. The summed E-state index contributed by atoms with van der Waals surface area (Å²) in [4.78, 5) is 0. The van der Waals surface area contributed by atoms with Crippen LogP contribution in [0.5, 0.6) is 0 Å². The maximum absolute atomic E-state index is 5.85. The molecule has 0 heterocycles. The molecule has 0 atom stereocenters. The minimum absolute atomic E-state index is 0.813. The Hall–Kier alpha value is 0.600. The van der Waals surface area contributed by atoms with E-state index < -0.39 is 9.24 Å². The fourth-order valence-electron chi connectivity index (χ4n) is 0.343. The molecule has 0 rings (SSSR count). The zero-order valence-electron chi connectivity index (χ0n) is 4.99. The summed E-state index contributed by atoms with van der Waals surface area (Å²) >= 11 is 0. The van der Waals surface area contributed by atoms with Gasteiger partial charge in [-0.15, -0.1) is 0 Å². The molecule has 0 aromatic heterocycles. The predicted octanol–water partition coefficient (Wildman–Crippen LogP) is 1.38. The van der Waals surface area contributed by atoms with E-state index in [-0.39, 0.29) is 0 Å². The SMILES string of the molecule is CNCS(C)(C)Cl. The maximum atomic E-state index is 5.85. The standard InChI is InChI=1S/C4H12ClNS/c1-6-4-7(2,3)5/h6H,4H2,1-3H3. The van der Waals surface area contributed by atoms with Gasteiger partial charge in [-0.2, -0.15) is 9.24 Å². The summed E-state index contributed by atoms with van der Waals surface area (Å²) in [5, 5.41) is 3.01. The highest BCUT2D eigenvalue weighted by Crippen LogP contribution is 2.43. The average Bonchev–Trinajstić information content (AvgIpc) is 1.30. The predicted molar refractivity (Wildman–Crippen MR) is 39.2 cm³/mol. The molecule has 0 aliphatic heterocycles. The van der Waals surface area contributed by atoms with Crippen molar-refractivity contribution in [1.29, 1.82) is 0 Å². The van der Waals surface area contributed by atoms with Crippen molar-refractivity contribution < 1.29 is 0 Å². The van der Waals surface area contributed by atoms with E-state index in [0.717, 1.165) is 5.88 Å². The summed E-state index contributed by atoms with van der Waals surface area (Å²) < 4.78 is 0. The van der Waals surface area contributed by atoms with Gasteiger partial charge in [-0.25, -0.2) is 0 Å².